The van der Waals surface area contributed by atoms with Crippen LogP contribution in [0, 0.1) is 0 Å². The van der Waals surface area contributed by atoms with Crippen LogP contribution >= 0.6 is 0 Å². The maximum Gasteiger partial charge on any atom is 0.133 e. The molecule has 0 spiro atoms. The molecule has 2 atom stereocenters. The number of hydrogen-bond donors (Lipinski definition) is 2. The van der Waals surface area contributed by atoms with Gasteiger partial charge in [0.1, 0.15) is 17.6 Å². The second-order valence-corrected chi connectivity index (χ2v) is 4.20. The molecule has 0 aliphatic heterocycles. The molecule has 2 aromatic rings. The van der Waals surface area contributed by atoms with Gasteiger partial charge in [0, 0.05) is 30.8 Å². The summed E-state index contributed by atoms with van der Waals surface area (Å²) in [6.07, 6.45) is 1.75. The molecule has 2 unspecified atom stereocenters. The second-order valence-electron chi connectivity index (χ2n) is 4.20. The van der Waals surface area contributed by atoms with Crippen LogP contribution in [0.4, 0.5) is 0 Å². The van der Waals surface area contributed by atoms with E-state index in [2.05, 4.69) is 4.98 Å². The summed E-state index contributed by atoms with van der Waals surface area (Å²) in [6, 6.07) is 9.27. The quantitative estimate of drug-likeness (QED) is 0.846. The SMILES string of the molecule is CCc1ccc(C(O)C(CN)c2ccccn2)o1. The van der Waals surface area contributed by atoms with Crippen LogP contribution < -0.4 is 5.73 Å². The number of aliphatic hydroxyl groups excluding tert-OH is 1. The summed E-state index contributed by atoms with van der Waals surface area (Å²) < 4.78 is 5.57. The van der Waals surface area contributed by atoms with Gasteiger partial charge in [0.15, 0.2) is 0 Å². The fourth-order valence-electron chi connectivity index (χ4n) is 1.95. The van der Waals surface area contributed by atoms with Crippen LogP contribution in [0.1, 0.15) is 36.2 Å². The average molecular weight is 246 g/mol. The van der Waals surface area contributed by atoms with Crippen molar-refractivity contribution in [3.05, 3.63) is 53.7 Å². The standard InChI is InChI=1S/C14H18N2O2/c1-2-10-6-7-13(18-10)14(17)11(9-15)12-5-3-4-8-16-12/h3-8,11,14,17H,2,9,15H2,1H3. The van der Waals surface area contributed by atoms with E-state index in [1.165, 1.54) is 0 Å². The monoisotopic (exact) mass is 246 g/mol. The van der Waals surface area contributed by atoms with E-state index in [9.17, 15) is 5.11 Å². The van der Waals surface area contributed by atoms with E-state index in [1.54, 1.807) is 12.3 Å². The van der Waals surface area contributed by atoms with Crippen LogP contribution in [0.5, 0.6) is 0 Å². The molecule has 18 heavy (non-hydrogen) atoms. The van der Waals surface area contributed by atoms with E-state index < -0.39 is 6.10 Å². The van der Waals surface area contributed by atoms with Crippen molar-refractivity contribution in [3.8, 4) is 0 Å². The van der Waals surface area contributed by atoms with Crippen molar-refractivity contribution < 1.29 is 9.52 Å². The molecule has 0 bridgehead atoms. The molecule has 0 saturated carbocycles. The van der Waals surface area contributed by atoms with Crippen molar-refractivity contribution in [2.45, 2.75) is 25.4 Å². The highest BCUT2D eigenvalue weighted by Crippen LogP contribution is 2.30. The largest absolute Gasteiger partial charge is 0.463 e. The molecule has 4 heteroatoms. The number of aryl methyl sites for hydroxylation is 1. The zero-order chi connectivity index (χ0) is 13.0. The molecule has 0 aliphatic rings. The first-order valence-electron chi connectivity index (χ1n) is 6.14. The van der Waals surface area contributed by atoms with Crippen LogP contribution in [0.2, 0.25) is 0 Å². The molecular formula is C14H18N2O2. The number of aliphatic hydroxyl groups is 1. The van der Waals surface area contributed by atoms with Crippen LogP contribution in [0.25, 0.3) is 0 Å². The lowest BCUT2D eigenvalue weighted by Crippen LogP contribution is -2.20. The second kappa shape index (κ2) is 5.80. The van der Waals surface area contributed by atoms with Gasteiger partial charge in [0.05, 0.1) is 0 Å². The number of hydrogen-bond acceptors (Lipinski definition) is 4. The van der Waals surface area contributed by atoms with Crippen LogP contribution in [-0.4, -0.2) is 16.6 Å². The Bertz CT molecular complexity index is 482. The first-order valence-corrected chi connectivity index (χ1v) is 6.14. The van der Waals surface area contributed by atoms with Gasteiger partial charge < -0.3 is 15.3 Å². The van der Waals surface area contributed by atoms with Crippen LogP contribution in [0.3, 0.4) is 0 Å². The topological polar surface area (TPSA) is 72.3 Å². The molecule has 0 fully saturated rings. The van der Waals surface area contributed by atoms with E-state index in [4.69, 9.17) is 10.2 Å². The molecule has 0 aromatic carbocycles. The number of pyridine rings is 1. The van der Waals surface area contributed by atoms with Crippen molar-refractivity contribution in [3.63, 3.8) is 0 Å². The molecule has 2 rings (SSSR count). The number of aromatic nitrogens is 1. The number of nitrogens with zero attached hydrogens (tertiary/aromatic N) is 1. The summed E-state index contributed by atoms with van der Waals surface area (Å²) in [5.74, 6) is 1.16. The molecule has 0 radical (unpaired) electrons. The maximum atomic E-state index is 10.3. The minimum atomic E-state index is -0.759. The number of rotatable bonds is 5. The molecule has 0 aliphatic carbocycles. The fraction of sp³-hybridized carbons (Fsp3) is 0.357. The van der Waals surface area contributed by atoms with E-state index in [0.717, 1.165) is 17.9 Å². The van der Waals surface area contributed by atoms with Gasteiger partial charge in [-0.05, 0) is 24.3 Å². The Kier molecular flexibility index (Phi) is 4.12. The summed E-state index contributed by atoms with van der Waals surface area (Å²) in [7, 11) is 0. The lowest BCUT2D eigenvalue weighted by atomic mass is 9.96. The highest BCUT2D eigenvalue weighted by molar-refractivity contribution is 5.18. The van der Waals surface area contributed by atoms with Crippen molar-refractivity contribution >= 4 is 0 Å². The Morgan fingerprint density at radius 3 is 2.72 bits per heavy atom. The minimum absolute atomic E-state index is 0.248. The molecule has 4 nitrogen and oxygen atoms in total. The summed E-state index contributed by atoms with van der Waals surface area (Å²) in [6.45, 7) is 2.33. The van der Waals surface area contributed by atoms with Crippen molar-refractivity contribution in [2.24, 2.45) is 5.73 Å². The average Bonchev–Trinajstić information content (AvgIpc) is 2.89. The molecule has 0 amide bonds. The third kappa shape index (κ3) is 2.60. The van der Waals surface area contributed by atoms with E-state index in [-0.39, 0.29) is 5.92 Å². The predicted molar refractivity (Wildman–Crippen MR) is 69.1 cm³/mol. The van der Waals surface area contributed by atoms with E-state index in [0.29, 0.717) is 12.3 Å². The van der Waals surface area contributed by atoms with Gasteiger partial charge in [-0.25, -0.2) is 0 Å². The summed E-state index contributed by atoms with van der Waals surface area (Å²) in [5, 5.41) is 10.3. The zero-order valence-electron chi connectivity index (χ0n) is 10.4. The zero-order valence-corrected chi connectivity index (χ0v) is 10.4. The summed E-state index contributed by atoms with van der Waals surface area (Å²) >= 11 is 0. The van der Waals surface area contributed by atoms with Crippen molar-refractivity contribution in [2.75, 3.05) is 6.54 Å². The summed E-state index contributed by atoms with van der Waals surface area (Å²) in [5.41, 5.74) is 6.52. The highest BCUT2D eigenvalue weighted by Gasteiger charge is 2.25. The van der Waals surface area contributed by atoms with Gasteiger partial charge in [-0.15, -0.1) is 0 Å². The lowest BCUT2D eigenvalue weighted by molar-refractivity contribution is 0.119. The third-order valence-electron chi connectivity index (χ3n) is 3.03. The van der Waals surface area contributed by atoms with Crippen LogP contribution in [0.15, 0.2) is 40.9 Å². The Morgan fingerprint density at radius 2 is 2.17 bits per heavy atom. The van der Waals surface area contributed by atoms with Crippen molar-refractivity contribution in [1.29, 1.82) is 0 Å². The predicted octanol–water partition coefficient (Wildman–Crippen LogP) is 2.01. The Hall–Kier alpha value is -1.65. The smallest absolute Gasteiger partial charge is 0.133 e. The molecule has 3 N–H and O–H groups in total. The Morgan fingerprint density at radius 1 is 1.33 bits per heavy atom. The first-order chi connectivity index (χ1) is 8.76. The number of nitrogens with two attached hydrogens (primary N) is 1. The first kappa shape index (κ1) is 12.8. The van der Waals surface area contributed by atoms with Crippen molar-refractivity contribution in [1.82, 2.24) is 4.98 Å². The van der Waals surface area contributed by atoms with Gasteiger partial charge in [-0.3, -0.25) is 4.98 Å². The lowest BCUT2D eigenvalue weighted by Gasteiger charge is -2.19. The van der Waals surface area contributed by atoms with Gasteiger partial charge in [0.25, 0.3) is 0 Å². The van der Waals surface area contributed by atoms with E-state index >= 15 is 0 Å². The molecule has 96 valence electrons. The van der Waals surface area contributed by atoms with Gasteiger partial charge in [0.2, 0.25) is 0 Å². The molecule has 2 aromatic heterocycles. The third-order valence-corrected chi connectivity index (χ3v) is 3.03. The number of furan rings is 1. The molecule has 0 saturated heterocycles. The fourth-order valence-corrected chi connectivity index (χ4v) is 1.95. The molecule has 2 heterocycles. The van der Waals surface area contributed by atoms with Gasteiger partial charge >= 0.3 is 0 Å². The van der Waals surface area contributed by atoms with Gasteiger partial charge in [-0.2, -0.15) is 0 Å². The Labute approximate surface area is 106 Å². The van der Waals surface area contributed by atoms with Crippen LogP contribution in [-0.2, 0) is 6.42 Å². The van der Waals surface area contributed by atoms with Gasteiger partial charge in [-0.1, -0.05) is 13.0 Å². The maximum absolute atomic E-state index is 10.3. The van der Waals surface area contributed by atoms with E-state index in [1.807, 2.05) is 31.2 Å². The Balaban J connectivity index is 2.22. The summed E-state index contributed by atoms with van der Waals surface area (Å²) in [4.78, 5) is 4.24. The minimum Gasteiger partial charge on any atom is -0.463 e. The normalized spacial score (nSPS) is 14.4. The highest BCUT2D eigenvalue weighted by atomic mass is 16.4. The molecular weight excluding hydrogens is 228 g/mol.